The van der Waals surface area contributed by atoms with Gasteiger partial charge in [0.1, 0.15) is 30.0 Å². The Morgan fingerprint density at radius 1 is 1.03 bits per heavy atom. The maximum atomic E-state index is 13.6. The molecule has 37 heavy (non-hydrogen) atoms. The minimum Gasteiger partial charge on any atom is -0.490 e. The second-order valence-electron chi connectivity index (χ2n) is 8.82. The number of benzene rings is 4. The van der Waals surface area contributed by atoms with Gasteiger partial charge in [-0.05, 0) is 54.6 Å². The molecule has 2 N–H and O–H groups in total. The zero-order valence-electron chi connectivity index (χ0n) is 19.4. The van der Waals surface area contributed by atoms with Gasteiger partial charge in [0.25, 0.3) is 5.91 Å². The molecule has 0 bridgehead atoms. The number of nitrogens with one attached hydrogen (secondary N) is 1. The Kier molecular flexibility index (Phi) is 5.87. The lowest BCUT2D eigenvalue weighted by atomic mass is 9.97. The number of halogens is 2. The largest absolute Gasteiger partial charge is 0.490 e. The van der Waals surface area contributed by atoms with Crippen molar-refractivity contribution in [2.45, 2.75) is 12.1 Å². The van der Waals surface area contributed by atoms with E-state index in [0.717, 1.165) is 10.9 Å². The van der Waals surface area contributed by atoms with Gasteiger partial charge in [-0.25, -0.2) is 9.07 Å². The van der Waals surface area contributed by atoms with Crippen LogP contribution < -0.4 is 10.1 Å². The summed E-state index contributed by atoms with van der Waals surface area (Å²) < 4.78 is 20.9. The van der Waals surface area contributed by atoms with Gasteiger partial charge in [0.15, 0.2) is 0 Å². The zero-order chi connectivity index (χ0) is 25.5. The molecule has 0 unspecified atom stereocenters. The Hall–Kier alpha value is -4.20. The van der Waals surface area contributed by atoms with Gasteiger partial charge in [0.05, 0.1) is 22.3 Å². The molecule has 1 aliphatic rings. The average Bonchev–Trinajstić information content (AvgIpc) is 3.29. The summed E-state index contributed by atoms with van der Waals surface area (Å²) in [5.41, 5.74) is 3.78. The number of carbonyl (C=O) groups is 1. The zero-order valence-corrected chi connectivity index (χ0v) is 20.2. The molecule has 0 spiro atoms. The van der Waals surface area contributed by atoms with Gasteiger partial charge in [-0.1, -0.05) is 48.0 Å². The van der Waals surface area contributed by atoms with Crippen LogP contribution in [-0.2, 0) is 0 Å². The number of para-hydroxylation sites is 1. The van der Waals surface area contributed by atoms with Crippen LogP contribution in [0.15, 0.2) is 91.0 Å². The Balaban J connectivity index is 1.44. The number of amides is 1. The van der Waals surface area contributed by atoms with Crippen molar-refractivity contribution < 1.29 is 19.0 Å². The van der Waals surface area contributed by atoms with Crippen LogP contribution in [0.4, 0.5) is 4.39 Å². The molecule has 0 radical (unpaired) electrons. The maximum Gasteiger partial charge on any atom is 0.251 e. The molecule has 0 saturated heterocycles. The molecular formula is C29H21ClFN3O3. The van der Waals surface area contributed by atoms with E-state index in [1.165, 1.54) is 12.1 Å². The smallest absolute Gasteiger partial charge is 0.251 e. The number of carbonyl (C=O) groups excluding carboxylic acids is 1. The Bertz CT molecular complexity index is 1630. The lowest BCUT2D eigenvalue weighted by molar-refractivity contribution is 0.0502. The van der Waals surface area contributed by atoms with Crippen molar-refractivity contribution in [1.29, 1.82) is 0 Å². The minimum absolute atomic E-state index is 0.0829. The van der Waals surface area contributed by atoms with Crippen LogP contribution in [0.1, 0.15) is 22.0 Å². The van der Waals surface area contributed by atoms with Crippen LogP contribution in [0.2, 0.25) is 5.02 Å². The number of ether oxygens (including phenoxy) is 1. The predicted molar refractivity (Wildman–Crippen MR) is 140 cm³/mol. The van der Waals surface area contributed by atoms with Crippen LogP contribution in [-0.4, -0.2) is 33.5 Å². The number of rotatable bonds is 4. The fourth-order valence-corrected chi connectivity index (χ4v) is 4.86. The molecule has 4 aromatic carbocycles. The molecule has 184 valence electrons. The van der Waals surface area contributed by atoms with Gasteiger partial charge in [0, 0.05) is 22.1 Å². The monoisotopic (exact) mass is 513 g/mol. The van der Waals surface area contributed by atoms with Gasteiger partial charge in [-0.2, -0.15) is 5.10 Å². The summed E-state index contributed by atoms with van der Waals surface area (Å²) in [6, 6.07) is 25.3. The average molecular weight is 514 g/mol. The van der Waals surface area contributed by atoms with Gasteiger partial charge in [0.2, 0.25) is 0 Å². The molecule has 6 rings (SSSR count). The lowest BCUT2D eigenvalue weighted by Crippen LogP contribution is -2.41. The number of aliphatic hydroxyl groups is 1. The number of fused-ring (bicyclic) bond motifs is 2. The van der Waals surface area contributed by atoms with E-state index in [-0.39, 0.29) is 18.3 Å². The maximum absolute atomic E-state index is 13.6. The van der Waals surface area contributed by atoms with Crippen LogP contribution in [0, 0.1) is 5.82 Å². The van der Waals surface area contributed by atoms with E-state index in [4.69, 9.17) is 21.4 Å². The summed E-state index contributed by atoms with van der Waals surface area (Å²) in [6.45, 7) is 0.0829. The van der Waals surface area contributed by atoms with E-state index in [2.05, 4.69) is 5.32 Å². The molecule has 0 aliphatic carbocycles. The molecule has 1 aromatic heterocycles. The summed E-state index contributed by atoms with van der Waals surface area (Å²) >= 11 is 6.48. The Morgan fingerprint density at radius 3 is 2.59 bits per heavy atom. The predicted octanol–water partition coefficient (Wildman–Crippen LogP) is 5.71. The molecule has 0 saturated carbocycles. The highest BCUT2D eigenvalue weighted by Crippen LogP contribution is 2.35. The molecule has 5 aromatic rings. The molecule has 0 fully saturated rings. The molecule has 1 aliphatic heterocycles. The van der Waals surface area contributed by atoms with Crippen LogP contribution in [0.5, 0.6) is 5.75 Å². The van der Waals surface area contributed by atoms with Crippen molar-refractivity contribution in [3.05, 3.63) is 113 Å². The first-order chi connectivity index (χ1) is 18.0. The molecular weight excluding hydrogens is 493 g/mol. The quantitative estimate of drug-likeness (QED) is 0.323. The van der Waals surface area contributed by atoms with E-state index >= 15 is 0 Å². The van der Waals surface area contributed by atoms with Gasteiger partial charge in [-0.3, -0.25) is 4.79 Å². The first kappa shape index (κ1) is 23.2. The topological polar surface area (TPSA) is 76.4 Å². The fraction of sp³-hybridized carbons (Fsp3) is 0.103. The van der Waals surface area contributed by atoms with Gasteiger partial charge < -0.3 is 15.2 Å². The first-order valence-electron chi connectivity index (χ1n) is 11.7. The van der Waals surface area contributed by atoms with E-state index in [1.54, 1.807) is 35.0 Å². The van der Waals surface area contributed by atoms with Crippen molar-refractivity contribution in [3.63, 3.8) is 0 Å². The van der Waals surface area contributed by atoms with Crippen LogP contribution in [0.3, 0.4) is 0 Å². The van der Waals surface area contributed by atoms with Gasteiger partial charge >= 0.3 is 0 Å². The number of aromatic nitrogens is 2. The summed E-state index contributed by atoms with van der Waals surface area (Å²) in [4.78, 5) is 13.4. The third-order valence-corrected chi connectivity index (χ3v) is 6.81. The second-order valence-corrected chi connectivity index (χ2v) is 9.22. The highest BCUT2D eigenvalue weighted by Gasteiger charge is 2.31. The van der Waals surface area contributed by atoms with E-state index in [0.29, 0.717) is 38.8 Å². The number of hydrogen-bond donors (Lipinski definition) is 2. The summed E-state index contributed by atoms with van der Waals surface area (Å²) in [7, 11) is 0. The SMILES string of the molecule is O=C(N[C@H]1c2ccccc2OC[C@H]1O)c1ccc2c(-c3ccccc3Cl)nn(-c3ccc(F)cc3)c2c1. The summed E-state index contributed by atoms with van der Waals surface area (Å²) in [5, 5.41) is 19.6. The summed E-state index contributed by atoms with van der Waals surface area (Å²) in [5.74, 6) is -0.0805. The second kappa shape index (κ2) is 9.35. The molecule has 2 heterocycles. The highest BCUT2D eigenvalue weighted by molar-refractivity contribution is 6.33. The third kappa shape index (κ3) is 4.22. The Morgan fingerprint density at radius 2 is 1.78 bits per heavy atom. The molecule has 1 amide bonds. The van der Waals surface area contributed by atoms with E-state index < -0.39 is 12.1 Å². The van der Waals surface area contributed by atoms with E-state index in [9.17, 15) is 14.3 Å². The van der Waals surface area contributed by atoms with Gasteiger partial charge in [-0.15, -0.1) is 0 Å². The standard InChI is InChI=1S/C29H21ClFN3O3/c30-23-7-3-1-5-20(23)27-21-14-9-17(15-24(21)34(33-27)19-12-10-18(31)11-13-19)29(36)32-28-22-6-2-4-8-26(22)37-16-25(28)35/h1-15,25,28,35H,16H2,(H,32,36)/t25-,28+/m1/s1. The third-order valence-electron chi connectivity index (χ3n) is 6.48. The summed E-state index contributed by atoms with van der Waals surface area (Å²) in [6.07, 6.45) is -0.890. The molecule has 8 heteroatoms. The molecule has 2 atom stereocenters. The number of nitrogens with zero attached hydrogens (tertiary/aromatic N) is 2. The number of hydrogen-bond acceptors (Lipinski definition) is 4. The highest BCUT2D eigenvalue weighted by atomic mass is 35.5. The normalized spacial score (nSPS) is 16.7. The fourth-order valence-electron chi connectivity index (χ4n) is 4.63. The Labute approximate surface area is 216 Å². The van der Waals surface area contributed by atoms with Crippen molar-refractivity contribution in [1.82, 2.24) is 15.1 Å². The number of aliphatic hydroxyl groups excluding tert-OH is 1. The van der Waals surface area contributed by atoms with Crippen molar-refractivity contribution in [3.8, 4) is 22.7 Å². The van der Waals surface area contributed by atoms with Crippen molar-refractivity contribution >= 4 is 28.4 Å². The van der Waals surface area contributed by atoms with E-state index in [1.807, 2.05) is 48.5 Å². The van der Waals surface area contributed by atoms with Crippen molar-refractivity contribution in [2.24, 2.45) is 0 Å². The minimum atomic E-state index is -0.890. The lowest BCUT2D eigenvalue weighted by Gasteiger charge is -2.31. The van der Waals surface area contributed by atoms with Crippen molar-refractivity contribution in [2.75, 3.05) is 6.61 Å². The van der Waals surface area contributed by atoms with Crippen LogP contribution in [0.25, 0.3) is 27.8 Å². The van der Waals surface area contributed by atoms with Crippen LogP contribution >= 0.6 is 11.6 Å². The first-order valence-corrected chi connectivity index (χ1v) is 12.1. The molecule has 6 nitrogen and oxygen atoms in total.